The maximum atomic E-state index is 11.8. The van der Waals surface area contributed by atoms with Gasteiger partial charge in [-0.05, 0) is 32.1 Å². The van der Waals surface area contributed by atoms with Crippen molar-refractivity contribution in [2.75, 3.05) is 19.8 Å². The number of rotatable bonds is 20. The lowest BCUT2D eigenvalue weighted by molar-refractivity contribution is -0.175. The van der Waals surface area contributed by atoms with Gasteiger partial charge in [0.25, 0.3) is 0 Å². The molecule has 0 aliphatic heterocycles. The van der Waals surface area contributed by atoms with Crippen LogP contribution in [0.2, 0.25) is 0 Å². The molecule has 0 spiro atoms. The number of ether oxygens (including phenoxy) is 1. The lowest BCUT2D eigenvalue weighted by Crippen LogP contribution is -2.47. The number of aliphatic carboxylic acids is 1. The van der Waals surface area contributed by atoms with E-state index < -0.39 is 30.6 Å². The van der Waals surface area contributed by atoms with Crippen LogP contribution in [-0.2, 0) is 14.3 Å². The van der Waals surface area contributed by atoms with Gasteiger partial charge < -0.3 is 20.1 Å². The third kappa shape index (κ3) is 12.7. The van der Waals surface area contributed by atoms with Crippen LogP contribution in [-0.4, -0.2) is 47.1 Å². The van der Waals surface area contributed by atoms with Gasteiger partial charge in [-0.3, -0.25) is 9.59 Å². The zero-order valence-electron chi connectivity index (χ0n) is 18.2. The Bertz CT molecular complexity index is 443. The molecule has 0 bridgehead atoms. The van der Waals surface area contributed by atoms with Crippen LogP contribution in [0.4, 0.5) is 0 Å². The first-order valence-corrected chi connectivity index (χ1v) is 11.3. The second kappa shape index (κ2) is 18.6. The first-order valence-electron chi connectivity index (χ1n) is 11.3. The molecule has 0 aliphatic rings. The minimum Gasteiger partial charge on any atom is -0.480 e. The standard InChI is InChI=1S/C23H42O6/c1-2-3-4-5-6-7-8-9-10-11-12-13-14-15-16-17-18-29-22(28)23(19-24,20-25)21(26)27/h9-10,24-25H,2-8,11-20H2,1H3,(H,26,27)/b10-9-. The van der Waals surface area contributed by atoms with Gasteiger partial charge >= 0.3 is 11.9 Å². The molecule has 0 rings (SSSR count). The van der Waals surface area contributed by atoms with E-state index in [1.54, 1.807) is 0 Å². The highest BCUT2D eigenvalue weighted by atomic mass is 16.5. The molecule has 6 nitrogen and oxygen atoms in total. The van der Waals surface area contributed by atoms with Gasteiger partial charge in [-0.25, -0.2) is 0 Å². The number of unbranched alkanes of at least 4 members (excludes halogenated alkanes) is 12. The number of allylic oxidation sites excluding steroid dienone is 2. The molecule has 0 atom stereocenters. The number of hydrogen-bond donors (Lipinski definition) is 3. The number of carboxylic acid groups (broad SMARTS) is 1. The Hall–Kier alpha value is -1.40. The summed E-state index contributed by atoms with van der Waals surface area (Å²) in [4.78, 5) is 22.9. The molecule has 6 heteroatoms. The van der Waals surface area contributed by atoms with Gasteiger partial charge in [0.15, 0.2) is 0 Å². The molecule has 0 unspecified atom stereocenters. The van der Waals surface area contributed by atoms with Crippen LogP contribution in [0.1, 0.15) is 96.8 Å². The summed E-state index contributed by atoms with van der Waals surface area (Å²) in [5.74, 6) is -2.66. The number of carbonyl (C=O) groups is 2. The van der Waals surface area contributed by atoms with Gasteiger partial charge in [0.1, 0.15) is 0 Å². The maximum absolute atomic E-state index is 11.8. The second-order valence-corrected chi connectivity index (χ2v) is 7.78. The molecular weight excluding hydrogens is 372 g/mol. The molecule has 0 aromatic rings. The summed E-state index contributed by atoms with van der Waals surface area (Å²) in [7, 11) is 0. The van der Waals surface area contributed by atoms with Crippen molar-refractivity contribution in [3.05, 3.63) is 12.2 Å². The van der Waals surface area contributed by atoms with Crippen molar-refractivity contribution in [3.8, 4) is 0 Å². The van der Waals surface area contributed by atoms with Crippen LogP contribution in [0.3, 0.4) is 0 Å². The molecule has 3 N–H and O–H groups in total. The van der Waals surface area contributed by atoms with Crippen molar-refractivity contribution in [3.63, 3.8) is 0 Å². The van der Waals surface area contributed by atoms with Gasteiger partial charge in [0.05, 0.1) is 19.8 Å². The zero-order valence-corrected chi connectivity index (χ0v) is 18.2. The van der Waals surface area contributed by atoms with Crippen LogP contribution >= 0.6 is 0 Å². The first kappa shape index (κ1) is 27.6. The Morgan fingerprint density at radius 2 is 1.21 bits per heavy atom. The van der Waals surface area contributed by atoms with Crippen LogP contribution in [0.25, 0.3) is 0 Å². The number of esters is 1. The Labute approximate surface area is 176 Å². The smallest absolute Gasteiger partial charge is 0.328 e. The van der Waals surface area contributed by atoms with E-state index in [2.05, 4.69) is 19.1 Å². The van der Waals surface area contributed by atoms with Crippen molar-refractivity contribution in [2.45, 2.75) is 96.8 Å². The summed E-state index contributed by atoms with van der Waals surface area (Å²) >= 11 is 0. The second-order valence-electron chi connectivity index (χ2n) is 7.78. The Morgan fingerprint density at radius 1 is 0.759 bits per heavy atom. The van der Waals surface area contributed by atoms with Crippen molar-refractivity contribution < 1.29 is 29.6 Å². The number of aliphatic hydroxyl groups excluding tert-OH is 2. The highest BCUT2D eigenvalue weighted by Crippen LogP contribution is 2.19. The number of aliphatic hydroxyl groups is 2. The summed E-state index contributed by atoms with van der Waals surface area (Å²) in [6.07, 6.45) is 21.1. The van der Waals surface area contributed by atoms with Crippen molar-refractivity contribution in [2.24, 2.45) is 5.41 Å². The monoisotopic (exact) mass is 414 g/mol. The predicted octanol–water partition coefficient (Wildman–Crippen LogP) is 4.62. The van der Waals surface area contributed by atoms with Gasteiger partial charge in [-0.2, -0.15) is 0 Å². The van der Waals surface area contributed by atoms with Crippen LogP contribution < -0.4 is 0 Å². The Morgan fingerprint density at radius 3 is 1.66 bits per heavy atom. The van der Waals surface area contributed by atoms with Gasteiger partial charge in [0, 0.05) is 0 Å². The third-order valence-electron chi connectivity index (χ3n) is 5.23. The average Bonchev–Trinajstić information content (AvgIpc) is 2.71. The minimum absolute atomic E-state index is 0.106. The average molecular weight is 415 g/mol. The number of carboxylic acids is 1. The minimum atomic E-state index is -2.26. The molecule has 0 heterocycles. The van der Waals surface area contributed by atoms with E-state index in [9.17, 15) is 9.59 Å². The van der Waals surface area contributed by atoms with E-state index in [0.717, 1.165) is 25.7 Å². The SMILES string of the molecule is CCCCCCCC/C=C\CCCCCCCCOC(=O)C(CO)(CO)C(=O)O. The van der Waals surface area contributed by atoms with Crippen molar-refractivity contribution in [1.29, 1.82) is 0 Å². The fourth-order valence-corrected chi connectivity index (χ4v) is 3.05. The van der Waals surface area contributed by atoms with Crippen LogP contribution in [0.15, 0.2) is 12.2 Å². The molecule has 29 heavy (non-hydrogen) atoms. The summed E-state index contributed by atoms with van der Waals surface area (Å²) in [6.45, 7) is 0.386. The molecule has 0 aromatic carbocycles. The molecule has 0 fully saturated rings. The van der Waals surface area contributed by atoms with Gasteiger partial charge in [-0.1, -0.05) is 76.9 Å². The first-order chi connectivity index (χ1) is 14.0. The third-order valence-corrected chi connectivity index (χ3v) is 5.23. The van der Waals surface area contributed by atoms with Crippen LogP contribution in [0.5, 0.6) is 0 Å². The highest BCUT2D eigenvalue weighted by molar-refractivity contribution is 5.99. The molecule has 0 amide bonds. The van der Waals surface area contributed by atoms with E-state index in [1.807, 2.05) is 0 Å². The van der Waals surface area contributed by atoms with Gasteiger partial charge in [0.2, 0.25) is 5.41 Å². The Kier molecular flexibility index (Phi) is 17.7. The summed E-state index contributed by atoms with van der Waals surface area (Å²) in [5, 5.41) is 27.2. The number of hydrogen-bond acceptors (Lipinski definition) is 5. The molecule has 0 aromatic heterocycles. The van der Waals surface area contributed by atoms with E-state index in [0.29, 0.717) is 6.42 Å². The van der Waals surface area contributed by atoms with E-state index in [1.165, 1.54) is 57.8 Å². The predicted molar refractivity (Wildman–Crippen MR) is 115 cm³/mol. The maximum Gasteiger partial charge on any atom is 0.328 e. The molecule has 0 saturated heterocycles. The van der Waals surface area contributed by atoms with E-state index >= 15 is 0 Å². The van der Waals surface area contributed by atoms with Crippen molar-refractivity contribution in [1.82, 2.24) is 0 Å². The van der Waals surface area contributed by atoms with E-state index in [4.69, 9.17) is 20.1 Å². The normalized spacial score (nSPS) is 11.8. The molecular formula is C23H42O6. The van der Waals surface area contributed by atoms with E-state index in [-0.39, 0.29) is 6.61 Å². The lowest BCUT2D eigenvalue weighted by Gasteiger charge is -2.22. The van der Waals surface area contributed by atoms with Crippen LogP contribution in [0, 0.1) is 5.41 Å². The molecule has 0 saturated carbocycles. The summed E-state index contributed by atoms with van der Waals surface area (Å²) in [6, 6.07) is 0. The molecule has 0 radical (unpaired) electrons. The summed E-state index contributed by atoms with van der Waals surface area (Å²) in [5.41, 5.74) is -2.26. The topological polar surface area (TPSA) is 104 Å². The highest BCUT2D eigenvalue weighted by Gasteiger charge is 2.47. The Balaban J connectivity index is 3.52. The largest absolute Gasteiger partial charge is 0.480 e. The fourth-order valence-electron chi connectivity index (χ4n) is 3.05. The zero-order chi connectivity index (χ0) is 21.8. The fraction of sp³-hybridized carbons (Fsp3) is 0.826. The van der Waals surface area contributed by atoms with Crippen molar-refractivity contribution >= 4 is 11.9 Å². The lowest BCUT2D eigenvalue weighted by atomic mass is 9.90. The number of carbonyl (C=O) groups excluding carboxylic acids is 1. The quantitative estimate of drug-likeness (QED) is 0.116. The summed E-state index contributed by atoms with van der Waals surface area (Å²) < 4.78 is 4.92. The van der Waals surface area contributed by atoms with Gasteiger partial charge in [-0.15, -0.1) is 0 Å². The molecule has 0 aliphatic carbocycles. The molecule has 170 valence electrons.